The molecule has 0 saturated heterocycles. The largest absolute Gasteiger partial charge is 0.354 e. The lowest BCUT2D eigenvalue weighted by molar-refractivity contribution is -0.140. The molecule has 0 radical (unpaired) electrons. The van der Waals surface area contributed by atoms with Crippen molar-refractivity contribution in [1.29, 1.82) is 0 Å². The van der Waals surface area contributed by atoms with Crippen LogP contribution in [0.3, 0.4) is 0 Å². The molecule has 0 aromatic heterocycles. The van der Waals surface area contributed by atoms with Crippen LogP contribution in [0.4, 0.5) is 5.69 Å². The molecule has 1 N–H and O–H groups in total. The first-order valence-electron chi connectivity index (χ1n) is 12.4. The summed E-state index contributed by atoms with van der Waals surface area (Å²) in [6.45, 7) is 6.77. The molecule has 4 rings (SSSR count). The van der Waals surface area contributed by atoms with Crippen molar-refractivity contribution >= 4 is 34.2 Å². The summed E-state index contributed by atoms with van der Waals surface area (Å²) in [6.07, 6.45) is 2.35. The Balaban J connectivity index is 1.62. The van der Waals surface area contributed by atoms with Gasteiger partial charge in [-0.2, -0.15) is 0 Å². The molecule has 0 aliphatic carbocycles. The monoisotopic (exact) mass is 471 g/mol. The van der Waals surface area contributed by atoms with Crippen molar-refractivity contribution in [3.63, 3.8) is 0 Å². The Kier molecular flexibility index (Phi) is 7.49. The minimum absolute atomic E-state index is 0.114. The molecular formula is C29H33N3O3. The summed E-state index contributed by atoms with van der Waals surface area (Å²) in [4.78, 5) is 43.3. The van der Waals surface area contributed by atoms with E-state index in [4.69, 9.17) is 0 Å². The number of aryl methyl sites for hydroxylation is 1. The number of nitrogens with zero attached hydrogens (tertiary/aromatic N) is 2. The van der Waals surface area contributed by atoms with Gasteiger partial charge in [0.1, 0.15) is 12.6 Å². The number of hydrogen-bond acceptors (Lipinski definition) is 3. The van der Waals surface area contributed by atoms with Crippen LogP contribution in [-0.4, -0.2) is 41.8 Å². The lowest BCUT2D eigenvalue weighted by atomic mass is 10.1. The van der Waals surface area contributed by atoms with E-state index < -0.39 is 6.04 Å². The zero-order valence-electron chi connectivity index (χ0n) is 20.7. The predicted octanol–water partition coefficient (Wildman–Crippen LogP) is 4.83. The smallest absolute Gasteiger partial charge is 0.259 e. The average molecular weight is 472 g/mol. The van der Waals surface area contributed by atoms with Crippen LogP contribution in [0.1, 0.15) is 54.6 Å². The maximum absolute atomic E-state index is 13.8. The molecule has 6 nitrogen and oxygen atoms in total. The van der Waals surface area contributed by atoms with Crippen LogP contribution in [0.5, 0.6) is 0 Å². The highest BCUT2D eigenvalue weighted by atomic mass is 16.2. The maximum atomic E-state index is 13.8. The molecule has 1 aliphatic heterocycles. The van der Waals surface area contributed by atoms with E-state index in [1.54, 1.807) is 15.9 Å². The van der Waals surface area contributed by atoms with Crippen molar-refractivity contribution in [1.82, 2.24) is 10.2 Å². The van der Waals surface area contributed by atoms with E-state index in [1.807, 2.05) is 68.4 Å². The van der Waals surface area contributed by atoms with Crippen LogP contribution in [0, 0.1) is 6.92 Å². The highest BCUT2D eigenvalue weighted by Gasteiger charge is 2.35. The van der Waals surface area contributed by atoms with Crippen LogP contribution in [0.25, 0.3) is 10.8 Å². The molecular weight excluding hydrogens is 438 g/mol. The van der Waals surface area contributed by atoms with E-state index in [9.17, 15) is 14.4 Å². The molecule has 3 aromatic carbocycles. The van der Waals surface area contributed by atoms with Gasteiger partial charge in [0.05, 0.1) is 5.69 Å². The van der Waals surface area contributed by atoms with E-state index in [1.165, 1.54) is 0 Å². The lowest BCUT2D eigenvalue weighted by Gasteiger charge is -2.32. The highest BCUT2D eigenvalue weighted by molar-refractivity contribution is 6.26. The van der Waals surface area contributed by atoms with Crippen LogP contribution >= 0.6 is 0 Å². The number of carbonyl (C=O) groups is 3. The Labute approximate surface area is 206 Å². The number of hydrogen-bond donors (Lipinski definition) is 1. The third kappa shape index (κ3) is 5.06. The molecule has 0 saturated carbocycles. The van der Waals surface area contributed by atoms with Gasteiger partial charge in [0.15, 0.2) is 0 Å². The number of benzene rings is 3. The van der Waals surface area contributed by atoms with Gasteiger partial charge in [-0.05, 0) is 42.8 Å². The molecule has 6 heteroatoms. The molecule has 1 aliphatic rings. The minimum Gasteiger partial charge on any atom is -0.354 e. The number of unbranched alkanes of at least 4 members (excludes halogenated alkanes) is 1. The third-order valence-electron chi connectivity index (χ3n) is 6.59. The van der Waals surface area contributed by atoms with Crippen LogP contribution < -0.4 is 10.2 Å². The first-order chi connectivity index (χ1) is 16.9. The summed E-state index contributed by atoms with van der Waals surface area (Å²) in [6, 6.07) is 18.7. The molecule has 0 unspecified atom stereocenters. The number of amides is 3. The third-order valence-corrected chi connectivity index (χ3v) is 6.59. The molecule has 0 spiro atoms. The highest BCUT2D eigenvalue weighted by Crippen LogP contribution is 2.37. The van der Waals surface area contributed by atoms with Gasteiger partial charge in [-0.25, -0.2) is 0 Å². The summed E-state index contributed by atoms with van der Waals surface area (Å²) in [7, 11) is 0. The van der Waals surface area contributed by atoms with E-state index in [-0.39, 0.29) is 24.3 Å². The Morgan fingerprint density at radius 2 is 1.77 bits per heavy atom. The van der Waals surface area contributed by atoms with Crippen molar-refractivity contribution < 1.29 is 14.4 Å². The summed E-state index contributed by atoms with van der Waals surface area (Å²) < 4.78 is 0. The standard InChI is InChI=1S/C29H33N3O3/c1-4-6-16-30-28(34)24(5-2)31(18-21-11-7-10-20(3)17-21)26(33)19-32-25-15-9-13-22-12-8-14-23(27(22)25)29(32)35/h7-15,17,24H,4-6,16,18-19H2,1-3H3,(H,30,34)/t24-/m0/s1. The Bertz CT molecular complexity index is 1250. The van der Waals surface area contributed by atoms with Gasteiger partial charge in [-0.1, -0.05) is 74.4 Å². The summed E-state index contributed by atoms with van der Waals surface area (Å²) in [5.74, 6) is -0.580. The Hall–Kier alpha value is -3.67. The number of carbonyl (C=O) groups excluding carboxylic acids is 3. The summed E-state index contributed by atoms with van der Waals surface area (Å²) in [5.41, 5.74) is 3.40. The number of anilines is 1. The molecule has 1 heterocycles. The Morgan fingerprint density at radius 3 is 2.49 bits per heavy atom. The van der Waals surface area contributed by atoms with Crippen molar-refractivity contribution in [2.45, 2.75) is 52.6 Å². The molecule has 0 fully saturated rings. The first-order valence-corrected chi connectivity index (χ1v) is 12.4. The van der Waals surface area contributed by atoms with Crippen molar-refractivity contribution in [3.8, 4) is 0 Å². The van der Waals surface area contributed by atoms with Crippen molar-refractivity contribution in [2.75, 3.05) is 18.0 Å². The second-order valence-electron chi connectivity index (χ2n) is 9.15. The normalized spacial score (nSPS) is 13.2. The van der Waals surface area contributed by atoms with E-state index in [2.05, 4.69) is 12.2 Å². The lowest BCUT2D eigenvalue weighted by Crippen LogP contribution is -2.52. The quantitative estimate of drug-likeness (QED) is 0.431. The van der Waals surface area contributed by atoms with E-state index >= 15 is 0 Å². The minimum atomic E-state index is -0.615. The fourth-order valence-corrected chi connectivity index (χ4v) is 4.80. The fourth-order valence-electron chi connectivity index (χ4n) is 4.80. The van der Waals surface area contributed by atoms with Gasteiger partial charge in [0, 0.05) is 24.0 Å². The number of nitrogens with one attached hydrogen (secondary N) is 1. The van der Waals surface area contributed by atoms with Crippen LogP contribution in [0.2, 0.25) is 0 Å². The van der Waals surface area contributed by atoms with Gasteiger partial charge in [-0.15, -0.1) is 0 Å². The van der Waals surface area contributed by atoms with Crippen LogP contribution in [-0.2, 0) is 16.1 Å². The SMILES string of the molecule is CCCCNC(=O)[C@H](CC)N(Cc1cccc(C)c1)C(=O)CN1C(=O)c2cccc3cccc1c23. The maximum Gasteiger partial charge on any atom is 0.259 e. The number of rotatable bonds is 10. The van der Waals surface area contributed by atoms with E-state index in [0.29, 0.717) is 25.1 Å². The fraction of sp³-hybridized carbons (Fsp3) is 0.345. The van der Waals surface area contributed by atoms with Crippen LogP contribution in [0.15, 0.2) is 60.7 Å². The second kappa shape index (κ2) is 10.7. The van der Waals surface area contributed by atoms with Gasteiger partial charge < -0.3 is 10.2 Å². The molecule has 35 heavy (non-hydrogen) atoms. The molecule has 1 atom stereocenters. The van der Waals surface area contributed by atoms with Crippen molar-refractivity contribution in [2.24, 2.45) is 0 Å². The van der Waals surface area contributed by atoms with Gasteiger partial charge in [0.25, 0.3) is 5.91 Å². The molecule has 0 bridgehead atoms. The van der Waals surface area contributed by atoms with E-state index in [0.717, 1.165) is 40.4 Å². The summed E-state index contributed by atoms with van der Waals surface area (Å²) >= 11 is 0. The van der Waals surface area contributed by atoms with Gasteiger partial charge in [-0.3, -0.25) is 19.3 Å². The van der Waals surface area contributed by atoms with Crippen molar-refractivity contribution in [3.05, 3.63) is 77.4 Å². The van der Waals surface area contributed by atoms with Gasteiger partial charge in [0.2, 0.25) is 11.8 Å². The topological polar surface area (TPSA) is 69.7 Å². The molecule has 3 aromatic rings. The molecule has 3 amide bonds. The molecule has 182 valence electrons. The second-order valence-corrected chi connectivity index (χ2v) is 9.15. The summed E-state index contributed by atoms with van der Waals surface area (Å²) in [5, 5.41) is 4.84. The zero-order chi connectivity index (χ0) is 24.9. The predicted molar refractivity (Wildman–Crippen MR) is 139 cm³/mol. The Morgan fingerprint density at radius 1 is 1.03 bits per heavy atom. The zero-order valence-corrected chi connectivity index (χ0v) is 20.7. The van der Waals surface area contributed by atoms with Gasteiger partial charge >= 0.3 is 0 Å². The average Bonchev–Trinajstić information content (AvgIpc) is 3.12. The first kappa shape index (κ1) is 24.5.